The largest absolute Gasteiger partial charge is 0.345 e. The van der Waals surface area contributed by atoms with Gasteiger partial charge in [0.15, 0.2) is 0 Å². The van der Waals surface area contributed by atoms with Crippen molar-refractivity contribution in [2.75, 3.05) is 13.6 Å². The quantitative estimate of drug-likeness (QED) is 0.753. The lowest BCUT2D eigenvalue weighted by atomic mass is 9.80. The van der Waals surface area contributed by atoms with Crippen LogP contribution in [0.5, 0.6) is 0 Å². The zero-order valence-electron chi connectivity index (χ0n) is 10.6. The van der Waals surface area contributed by atoms with Gasteiger partial charge in [0.25, 0.3) is 0 Å². The molecule has 1 aromatic carbocycles. The number of nitrogens with zero attached hydrogens (tertiary/aromatic N) is 1. The molecule has 0 spiro atoms. The molecule has 1 aromatic heterocycles. The molecule has 4 N–H and O–H groups in total. The summed E-state index contributed by atoms with van der Waals surface area (Å²) in [5.41, 5.74) is 9.16. The minimum Gasteiger partial charge on any atom is -0.345 e. The first-order valence-electron chi connectivity index (χ1n) is 5.89. The van der Waals surface area contributed by atoms with Gasteiger partial charge in [0, 0.05) is 6.04 Å². The van der Waals surface area contributed by atoms with Crippen molar-refractivity contribution < 1.29 is 0 Å². The van der Waals surface area contributed by atoms with Crippen molar-refractivity contribution in [3.63, 3.8) is 0 Å². The minimum atomic E-state index is 0.0163. The maximum Gasteiger partial charge on any atom is 0.0931 e. The van der Waals surface area contributed by atoms with Crippen LogP contribution in [0, 0.1) is 5.41 Å². The lowest BCUT2D eigenvalue weighted by Crippen LogP contribution is -2.37. The molecule has 92 valence electrons. The van der Waals surface area contributed by atoms with Crippen LogP contribution >= 0.6 is 0 Å². The van der Waals surface area contributed by atoms with Crippen molar-refractivity contribution in [3.05, 3.63) is 30.1 Å². The number of aromatic amines is 1. The summed E-state index contributed by atoms with van der Waals surface area (Å²) in [7, 11) is 1.97. The normalized spacial score (nSPS) is 14.1. The van der Waals surface area contributed by atoms with Crippen LogP contribution < -0.4 is 11.1 Å². The number of nitrogens with one attached hydrogen (secondary N) is 2. The average molecular weight is 232 g/mol. The Bertz CT molecular complexity index is 501. The van der Waals surface area contributed by atoms with Gasteiger partial charge in [-0.2, -0.15) is 0 Å². The molecular formula is C13H20N4. The number of benzene rings is 1. The molecule has 0 amide bonds. The maximum absolute atomic E-state index is 5.85. The molecule has 17 heavy (non-hydrogen) atoms. The van der Waals surface area contributed by atoms with Crippen molar-refractivity contribution in [3.8, 4) is 0 Å². The Hall–Kier alpha value is -1.39. The van der Waals surface area contributed by atoms with Gasteiger partial charge in [-0.05, 0) is 36.7 Å². The van der Waals surface area contributed by atoms with E-state index in [0.29, 0.717) is 6.54 Å². The second kappa shape index (κ2) is 4.47. The molecule has 1 heterocycles. The van der Waals surface area contributed by atoms with Gasteiger partial charge in [-0.15, -0.1) is 0 Å². The molecule has 0 aliphatic rings. The fourth-order valence-electron chi connectivity index (χ4n) is 2.26. The van der Waals surface area contributed by atoms with Crippen LogP contribution in [0.2, 0.25) is 0 Å². The summed E-state index contributed by atoms with van der Waals surface area (Å²) >= 11 is 0. The first kappa shape index (κ1) is 12.1. The number of imidazole rings is 1. The molecule has 1 unspecified atom stereocenters. The Balaban J connectivity index is 2.42. The van der Waals surface area contributed by atoms with Crippen LogP contribution in [0.25, 0.3) is 11.0 Å². The molecule has 1 atom stereocenters. The topological polar surface area (TPSA) is 66.7 Å². The van der Waals surface area contributed by atoms with Crippen LogP contribution in [0.1, 0.15) is 25.5 Å². The van der Waals surface area contributed by atoms with Crippen molar-refractivity contribution >= 4 is 11.0 Å². The van der Waals surface area contributed by atoms with Gasteiger partial charge in [-0.25, -0.2) is 4.98 Å². The third-order valence-electron chi connectivity index (χ3n) is 3.37. The number of rotatable bonds is 4. The summed E-state index contributed by atoms with van der Waals surface area (Å²) in [6.45, 7) is 4.98. The highest BCUT2D eigenvalue weighted by molar-refractivity contribution is 5.75. The van der Waals surface area contributed by atoms with Crippen molar-refractivity contribution in [2.24, 2.45) is 11.1 Å². The lowest BCUT2D eigenvalue weighted by Gasteiger charge is -2.33. The smallest absolute Gasteiger partial charge is 0.0931 e. The number of nitrogens with two attached hydrogens (primary N) is 1. The highest BCUT2D eigenvalue weighted by Crippen LogP contribution is 2.32. The molecule has 4 nitrogen and oxygen atoms in total. The van der Waals surface area contributed by atoms with E-state index in [1.165, 1.54) is 5.56 Å². The Kier molecular flexibility index (Phi) is 3.17. The van der Waals surface area contributed by atoms with E-state index < -0.39 is 0 Å². The molecule has 0 aliphatic heterocycles. The summed E-state index contributed by atoms with van der Waals surface area (Å²) in [5, 5.41) is 3.35. The van der Waals surface area contributed by atoms with E-state index in [2.05, 4.69) is 41.3 Å². The van der Waals surface area contributed by atoms with Gasteiger partial charge >= 0.3 is 0 Å². The number of H-pyrrole nitrogens is 1. The number of hydrogen-bond acceptors (Lipinski definition) is 3. The molecule has 2 rings (SSSR count). The van der Waals surface area contributed by atoms with Gasteiger partial charge in [-0.3, -0.25) is 0 Å². The van der Waals surface area contributed by atoms with Gasteiger partial charge in [0.2, 0.25) is 0 Å². The van der Waals surface area contributed by atoms with E-state index in [1.807, 2.05) is 13.1 Å². The van der Waals surface area contributed by atoms with Gasteiger partial charge in [-0.1, -0.05) is 19.9 Å². The lowest BCUT2D eigenvalue weighted by molar-refractivity contribution is 0.266. The van der Waals surface area contributed by atoms with Gasteiger partial charge in [0.1, 0.15) is 0 Å². The van der Waals surface area contributed by atoms with E-state index >= 15 is 0 Å². The fourth-order valence-corrected chi connectivity index (χ4v) is 2.26. The standard InChI is InChI=1S/C13H20N4/c1-13(2,7-14)12(15-3)9-4-5-10-11(6-9)17-8-16-10/h4-6,8,12,15H,7,14H2,1-3H3,(H,16,17). The van der Waals surface area contributed by atoms with Crippen LogP contribution in [-0.2, 0) is 0 Å². The molecule has 0 saturated carbocycles. The van der Waals surface area contributed by atoms with Crippen LogP contribution in [0.3, 0.4) is 0 Å². The van der Waals surface area contributed by atoms with Gasteiger partial charge in [0.05, 0.1) is 17.4 Å². The summed E-state index contributed by atoms with van der Waals surface area (Å²) in [4.78, 5) is 7.36. The fraction of sp³-hybridized carbons (Fsp3) is 0.462. The molecular weight excluding hydrogens is 212 g/mol. The first-order valence-corrected chi connectivity index (χ1v) is 5.89. The van der Waals surface area contributed by atoms with Crippen LogP contribution in [0.4, 0.5) is 0 Å². The molecule has 0 aliphatic carbocycles. The molecule has 0 fully saturated rings. The van der Waals surface area contributed by atoms with Crippen molar-refractivity contribution in [2.45, 2.75) is 19.9 Å². The summed E-state index contributed by atoms with van der Waals surface area (Å²) in [6, 6.07) is 6.53. The zero-order valence-corrected chi connectivity index (χ0v) is 10.6. The minimum absolute atomic E-state index is 0.0163. The predicted octanol–water partition coefficient (Wildman–Crippen LogP) is 1.81. The van der Waals surface area contributed by atoms with E-state index in [0.717, 1.165) is 11.0 Å². The van der Waals surface area contributed by atoms with E-state index in [9.17, 15) is 0 Å². The van der Waals surface area contributed by atoms with Crippen LogP contribution in [-0.4, -0.2) is 23.6 Å². The first-order chi connectivity index (χ1) is 8.08. The Labute approximate surface area is 102 Å². The molecule has 2 aromatic rings. The summed E-state index contributed by atoms with van der Waals surface area (Å²) in [5.74, 6) is 0. The van der Waals surface area contributed by atoms with E-state index in [1.54, 1.807) is 6.33 Å². The molecule has 4 heteroatoms. The Morgan fingerprint density at radius 2 is 2.24 bits per heavy atom. The third-order valence-corrected chi connectivity index (χ3v) is 3.37. The monoisotopic (exact) mass is 232 g/mol. The van der Waals surface area contributed by atoms with Crippen LogP contribution in [0.15, 0.2) is 24.5 Å². The van der Waals surface area contributed by atoms with E-state index in [-0.39, 0.29) is 11.5 Å². The Morgan fingerprint density at radius 1 is 1.47 bits per heavy atom. The van der Waals surface area contributed by atoms with Gasteiger partial charge < -0.3 is 16.0 Å². The molecule has 0 radical (unpaired) electrons. The maximum atomic E-state index is 5.85. The van der Waals surface area contributed by atoms with Crippen molar-refractivity contribution in [1.29, 1.82) is 0 Å². The average Bonchev–Trinajstić information content (AvgIpc) is 2.77. The second-order valence-corrected chi connectivity index (χ2v) is 5.09. The summed E-state index contributed by atoms with van der Waals surface area (Å²) in [6.07, 6.45) is 1.72. The SMILES string of the molecule is CNC(c1ccc2nc[nH]c2c1)C(C)(C)CN. The molecule has 0 bridgehead atoms. The summed E-state index contributed by atoms with van der Waals surface area (Å²) < 4.78 is 0. The zero-order chi connectivity index (χ0) is 12.5. The second-order valence-electron chi connectivity index (χ2n) is 5.09. The number of hydrogen-bond donors (Lipinski definition) is 3. The highest BCUT2D eigenvalue weighted by atomic mass is 14.9. The van der Waals surface area contributed by atoms with E-state index in [4.69, 9.17) is 5.73 Å². The highest BCUT2D eigenvalue weighted by Gasteiger charge is 2.28. The number of aromatic nitrogens is 2. The third kappa shape index (κ3) is 2.18. The Morgan fingerprint density at radius 3 is 2.88 bits per heavy atom. The predicted molar refractivity (Wildman–Crippen MR) is 70.7 cm³/mol. The van der Waals surface area contributed by atoms with Crippen molar-refractivity contribution in [1.82, 2.24) is 15.3 Å². The number of fused-ring (bicyclic) bond motifs is 1. The molecule has 0 saturated heterocycles.